The van der Waals surface area contributed by atoms with Crippen molar-refractivity contribution in [3.63, 3.8) is 0 Å². The quantitative estimate of drug-likeness (QED) is 0.774. The molecule has 0 radical (unpaired) electrons. The Morgan fingerprint density at radius 1 is 1.37 bits per heavy atom. The number of morpholine rings is 1. The first-order chi connectivity index (χ1) is 9.31. The maximum absolute atomic E-state index is 5.90. The number of anilines is 1. The maximum Gasteiger partial charge on any atom is 0.134 e. The van der Waals surface area contributed by atoms with Gasteiger partial charge in [-0.1, -0.05) is 6.07 Å². The van der Waals surface area contributed by atoms with E-state index in [-0.39, 0.29) is 0 Å². The van der Waals surface area contributed by atoms with E-state index in [1.165, 1.54) is 0 Å². The van der Waals surface area contributed by atoms with E-state index >= 15 is 0 Å². The van der Waals surface area contributed by atoms with E-state index in [0.717, 1.165) is 61.0 Å². The number of hydrogen-bond donors (Lipinski definition) is 1. The first kappa shape index (κ1) is 14.9. The Kier molecular flexibility index (Phi) is 6.19. The minimum Gasteiger partial charge on any atom is -0.491 e. The molecule has 0 unspecified atom stereocenters. The molecule has 0 atom stereocenters. The van der Waals surface area contributed by atoms with Crippen LogP contribution in [-0.4, -0.2) is 50.9 Å². The molecule has 0 aliphatic carbocycles. The molecule has 1 N–H and O–H groups in total. The fraction of sp³-hybridized carbons (Fsp3) is 0.571. The number of nitrogens with one attached hydrogen (secondary N) is 1. The van der Waals surface area contributed by atoms with Crippen molar-refractivity contribution in [2.45, 2.75) is 6.92 Å². The number of nitrogens with zero attached hydrogens (tertiary/aromatic N) is 1. The zero-order valence-corrected chi connectivity index (χ0v) is 13.5. The van der Waals surface area contributed by atoms with Gasteiger partial charge in [0.15, 0.2) is 0 Å². The summed E-state index contributed by atoms with van der Waals surface area (Å²) in [5.74, 6) is 0.965. The second-order valence-corrected chi connectivity index (χ2v) is 5.53. The molecule has 5 heteroatoms. The lowest BCUT2D eigenvalue weighted by Crippen LogP contribution is -2.38. The van der Waals surface area contributed by atoms with Gasteiger partial charge in [-0.2, -0.15) is 0 Å². The molecule has 0 bridgehead atoms. The minimum atomic E-state index is 0.728. The third-order valence-corrected chi connectivity index (χ3v) is 4.21. The number of rotatable bonds is 6. The highest BCUT2D eigenvalue weighted by atomic mass is 127. The van der Waals surface area contributed by atoms with Gasteiger partial charge >= 0.3 is 0 Å². The van der Waals surface area contributed by atoms with Crippen molar-refractivity contribution in [3.8, 4) is 5.75 Å². The second-order valence-electron chi connectivity index (χ2n) is 4.45. The number of halogens is 1. The fourth-order valence-corrected chi connectivity index (χ4v) is 2.76. The first-order valence-electron chi connectivity index (χ1n) is 6.76. The van der Waals surface area contributed by atoms with Crippen molar-refractivity contribution in [1.82, 2.24) is 4.90 Å². The number of ether oxygens (including phenoxy) is 2. The van der Waals surface area contributed by atoms with Crippen LogP contribution in [0.2, 0.25) is 0 Å². The standard InChI is InChI=1S/C14H21IN2O2/c1-2-16-12-4-3-5-13(14(12)15)19-11-8-17-6-9-18-10-7-17/h3-5,16H,2,6-11H2,1H3. The van der Waals surface area contributed by atoms with Gasteiger partial charge in [0.05, 0.1) is 22.5 Å². The van der Waals surface area contributed by atoms with E-state index in [0.29, 0.717) is 0 Å². The van der Waals surface area contributed by atoms with Crippen molar-refractivity contribution in [3.05, 3.63) is 21.8 Å². The molecule has 0 aromatic heterocycles. The first-order valence-corrected chi connectivity index (χ1v) is 7.84. The van der Waals surface area contributed by atoms with Gasteiger partial charge in [0.2, 0.25) is 0 Å². The predicted octanol–water partition coefficient (Wildman–Crippen LogP) is 2.43. The molecule has 4 nitrogen and oxygen atoms in total. The molecule has 1 heterocycles. The molecule has 1 aromatic carbocycles. The van der Waals surface area contributed by atoms with Crippen LogP contribution in [0.15, 0.2) is 18.2 Å². The van der Waals surface area contributed by atoms with Crippen LogP contribution in [0.25, 0.3) is 0 Å². The van der Waals surface area contributed by atoms with Crippen molar-refractivity contribution in [2.24, 2.45) is 0 Å². The summed E-state index contributed by atoms with van der Waals surface area (Å²) in [6, 6.07) is 6.15. The number of hydrogen-bond acceptors (Lipinski definition) is 4. The van der Waals surface area contributed by atoms with Crippen molar-refractivity contribution in [1.29, 1.82) is 0 Å². The van der Waals surface area contributed by atoms with E-state index in [2.05, 4.69) is 45.8 Å². The molecule has 1 saturated heterocycles. The van der Waals surface area contributed by atoms with Gasteiger partial charge in [-0.15, -0.1) is 0 Å². The van der Waals surface area contributed by atoms with Gasteiger partial charge in [0.25, 0.3) is 0 Å². The molecule has 2 rings (SSSR count). The average Bonchev–Trinajstić information content (AvgIpc) is 2.44. The van der Waals surface area contributed by atoms with Crippen LogP contribution in [0.5, 0.6) is 5.75 Å². The predicted molar refractivity (Wildman–Crippen MR) is 86.1 cm³/mol. The van der Waals surface area contributed by atoms with Gasteiger partial charge in [0, 0.05) is 26.2 Å². The van der Waals surface area contributed by atoms with E-state index < -0.39 is 0 Å². The topological polar surface area (TPSA) is 33.7 Å². The van der Waals surface area contributed by atoms with Gasteiger partial charge in [-0.3, -0.25) is 4.90 Å². The van der Waals surface area contributed by atoms with Gasteiger partial charge in [0.1, 0.15) is 12.4 Å². The van der Waals surface area contributed by atoms with Crippen LogP contribution >= 0.6 is 22.6 Å². The molecule has 1 aliphatic heterocycles. The lowest BCUT2D eigenvalue weighted by Gasteiger charge is -2.26. The van der Waals surface area contributed by atoms with Crippen molar-refractivity contribution >= 4 is 28.3 Å². The second kappa shape index (κ2) is 7.91. The maximum atomic E-state index is 5.90. The zero-order valence-electron chi connectivity index (χ0n) is 11.3. The molecule has 0 amide bonds. The summed E-state index contributed by atoms with van der Waals surface area (Å²) in [4.78, 5) is 2.38. The van der Waals surface area contributed by atoms with Crippen LogP contribution in [0, 0.1) is 3.57 Å². The molecule has 1 fully saturated rings. The lowest BCUT2D eigenvalue weighted by atomic mass is 10.3. The smallest absolute Gasteiger partial charge is 0.134 e. The minimum absolute atomic E-state index is 0.728. The molecule has 0 saturated carbocycles. The molecular formula is C14H21IN2O2. The Bertz CT molecular complexity index is 395. The summed E-state index contributed by atoms with van der Waals surface area (Å²) in [5.41, 5.74) is 1.15. The fourth-order valence-electron chi connectivity index (χ4n) is 2.06. The number of benzene rings is 1. The summed E-state index contributed by atoms with van der Waals surface area (Å²) in [7, 11) is 0. The monoisotopic (exact) mass is 376 g/mol. The summed E-state index contributed by atoms with van der Waals surface area (Å²) in [6.07, 6.45) is 0. The molecular weight excluding hydrogens is 355 g/mol. The Morgan fingerprint density at radius 3 is 2.89 bits per heavy atom. The van der Waals surface area contributed by atoms with Crippen LogP contribution in [-0.2, 0) is 4.74 Å². The van der Waals surface area contributed by atoms with Gasteiger partial charge in [-0.05, 0) is 41.6 Å². The SMILES string of the molecule is CCNc1cccc(OCCN2CCOCC2)c1I. The van der Waals surface area contributed by atoms with Crippen molar-refractivity contribution < 1.29 is 9.47 Å². The van der Waals surface area contributed by atoms with E-state index in [1.807, 2.05) is 12.1 Å². The molecule has 106 valence electrons. The lowest BCUT2D eigenvalue weighted by molar-refractivity contribution is 0.0322. The normalized spacial score (nSPS) is 16.3. The van der Waals surface area contributed by atoms with Crippen LogP contribution in [0.1, 0.15) is 6.92 Å². The Labute approximate surface area is 128 Å². The highest BCUT2D eigenvalue weighted by Crippen LogP contribution is 2.28. The third kappa shape index (κ3) is 4.50. The average molecular weight is 376 g/mol. The molecule has 19 heavy (non-hydrogen) atoms. The highest BCUT2D eigenvalue weighted by Gasteiger charge is 2.11. The summed E-state index contributed by atoms with van der Waals surface area (Å²) in [6.45, 7) is 8.42. The van der Waals surface area contributed by atoms with Gasteiger partial charge in [-0.25, -0.2) is 0 Å². The van der Waals surface area contributed by atoms with E-state index in [9.17, 15) is 0 Å². The highest BCUT2D eigenvalue weighted by molar-refractivity contribution is 14.1. The van der Waals surface area contributed by atoms with Crippen molar-refractivity contribution in [2.75, 3.05) is 51.3 Å². The summed E-state index contributed by atoms with van der Waals surface area (Å²) < 4.78 is 12.4. The summed E-state index contributed by atoms with van der Waals surface area (Å²) in [5, 5.41) is 3.34. The zero-order chi connectivity index (χ0) is 13.5. The Balaban J connectivity index is 1.83. The van der Waals surface area contributed by atoms with Crippen LogP contribution < -0.4 is 10.1 Å². The van der Waals surface area contributed by atoms with Gasteiger partial charge < -0.3 is 14.8 Å². The third-order valence-electron chi connectivity index (χ3n) is 3.10. The van der Waals surface area contributed by atoms with Crippen LogP contribution in [0.3, 0.4) is 0 Å². The van der Waals surface area contributed by atoms with Crippen LogP contribution in [0.4, 0.5) is 5.69 Å². The largest absolute Gasteiger partial charge is 0.491 e. The molecule has 1 aliphatic rings. The Morgan fingerprint density at radius 2 is 2.16 bits per heavy atom. The Hall–Kier alpha value is -0.530. The molecule has 1 aromatic rings. The van der Waals surface area contributed by atoms with E-state index in [4.69, 9.17) is 9.47 Å². The van der Waals surface area contributed by atoms with E-state index in [1.54, 1.807) is 0 Å². The molecule has 0 spiro atoms. The summed E-state index contributed by atoms with van der Waals surface area (Å²) >= 11 is 2.34.